The van der Waals surface area contributed by atoms with E-state index in [0.717, 1.165) is 48.9 Å². The first-order chi connectivity index (χ1) is 10.5. The fourth-order valence-electron chi connectivity index (χ4n) is 2.84. The molecule has 0 saturated carbocycles. The summed E-state index contributed by atoms with van der Waals surface area (Å²) >= 11 is 0.908. The Morgan fingerprint density at radius 2 is 2.23 bits per heavy atom. The Balaban J connectivity index is 1.98. The maximum atomic E-state index is 11.7. The first-order valence-corrected chi connectivity index (χ1v) is 8.00. The molecule has 0 aliphatic carbocycles. The molecule has 3 rings (SSSR count). The van der Waals surface area contributed by atoms with E-state index in [9.17, 15) is 9.59 Å². The van der Waals surface area contributed by atoms with Crippen molar-refractivity contribution in [2.24, 2.45) is 5.73 Å². The molecular weight excluding hydrogens is 297 g/mol. The van der Waals surface area contributed by atoms with Crippen molar-refractivity contribution in [3.63, 3.8) is 0 Å². The molecule has 2 aliphatic rings. The summed E-state index contributed by atoms with van der Waals surface area (Å²) in [7, 11) is 6.15. The molecule has 0 aromatic heterocycles. The highest BCUT2D eigenvalue weighted by molar-refractivity contribution is 8.18. The quantitative estimate of drug-likeness (QED) is 0.622. The molecule has 2 saturated heterocycles. The molecule has 1 aromatic rings. The predicted octanol–water partition coefficient (Wildman–Crippen LogP) is 0.732. The molecule has 2 heterocycles. The Labute approximate surface area is 134 Å². The standard InChI is InChI=1S/C15H16BN3O2S/c16-11-5-1-3-9(7-12-14(20)18-15(21)22-12)13(11)19-6-2-4-10(17)8-19/h1,3,5,7,10H,2,4,6,8,17H2,(H,18,20,21)/b12-7-/t10-/m1/s1. The number of anilines is 1. The summed E-state index contributed by atoms with van der Waals surface area (Å²) in [5, 5.41) is 1.91. The normalized spacial score (nSPS) is 24.0. The summed E-state index contributed by atoms with van der Waals surface area (Å²) in [5.74, 6) is -0.362. The van der Waals surface area contributed by atoms with Crippen molar-refractivity contribution in [1.82, 2.24) is 5.32 Å². The van der Waals surface area contributed by atoms with E-state index >= 15 is 0 Å². The molecule has 1 aromatic carbocycles. The number of carbonyl (C=O) groups is 2. The van der Waals surface area contributed by atoms with E-state index in [0.29, 0.717) is 10.4 Å². The average molecular weight is 313 g/mol. The van der Waals surface area contributed by atoms with Crippen LogP contribution in [-0.4, -0.2) is 38.1 Å². The van der Waals surface area contributed by atoms with Gasteiger partial charge in [-0.25, -0.2) is 0 Å². The number of nitrogens with zero attached hydrogens (tertiary/aromatic N) is 1. The minimum absolute atomic E-state index is 0.125. The third-order valence-corrected chi connectivity index (χ3v) is 4.61. The summed E-state index contributed by atoms with van der Waals surface area (Å²) in [6.07, 6.45) is 3.74. The highest BCUT2D eigenvalue weighted by Gasteiger charge is 2.26. The molecular formula is C15H16BN3O2S. The second-order valence-electron chi connectivity index (χ2n) is 5.49. The van der Waals surface area contributed by atoms with Gasteiger partial charge >= 0.3 is 0 Å². The van der Waals surface area contributed by atoms with Gasteiger partial charge in [0.05, 0.1) is 4.91 Å². The zero-order valence-corrected chi connectivity index (χ0v) is 12.9. The zero-order valence-electron chi connectivity index (χ0n) is 12.0. The molecule has 2 amide bonds. The number of benzene rings is 1. The third-order valence-electron chi connectivity index (χ3n) is 3.80. The number of piperidine rings is 1. The van der Waals surface area contributed by atoms with Crippen molar-refractivity contribution in [2.45, 2.75) is 18.9 Å². The van der Waals surface area contributed by atoms with Gasteiger partial charge in [-0.05, 0) is 36.2 Å². The first kappa shape index (κ1) is 15.2. The number of hydrogen-bond donors (Lipinski definition) is 2. The molecule has 0 bridgehead atoms. The fraction of sp³-hybridized carbons (Fsp3) is 0.333. The molecule has 0 unspecified atom stereocenters. The average Bonchev–Trinajstić information content (AvgIpc) is 2.77. The highest BCUT2D eigenvalue weighted by atomic mass is 32.2. The molecule has 3 N–H and O–H groups in total. The first-order valence-electron chi connectivity index (χ1n) is 7.18. The van der Waals surface area contributed by atoms with E-state index in [-0.39, 0.29) is 17.2 Å². The smallest absolute Gasteiger partial charge is 0.290 e. The number of nitrogens with one attached hydrogen (secondary N) is 1. The van der Waals surface area contributed by atoms with E-state index in [4.69, 9.17) is 13.6 Å². The van der Waals surface area contributed by atoms with Crippen molar-refractivity contribution >= 4 is 48.0 Å². The Kier molecular flexibility index (Phi) is 4.26. The lowest BCUT2D eigenvalue weighted by Crippen LogP contribution is -2.44. The Hall–Kier alpha value is -1.73. The number of thioether (sulfide) groups is 1. The molecule has 0 spiro atoms. The summed E-state index contributed by atoms with van der Waals surface area (Å²) in [5.41, 5.74) is 8.43. The van der Waals surface area contributed by atoms with Gasteiger partial charge < -0.3 is 10.6 Å². The minimum Gasteiger partial charge on any atom is -0.370 e. The number of hydrogen-bond acceptors (Lipinski definition) is 5. The van der Waals surface area contributed by atoms with E-state index in [1.807, 2.05) is 18.2 Å². The van der Waals surface area contributed by atoms with E-state index in [1.165, 1.54) is 0 Å². The molecule has 2 radical (unpaired) electrons. The van der Waals surface area contributed by atoms with Crippen LogP contribution >= 0.6 is 11.8 Å². The maximum Gasteiger partial charge on any atom is 0.290 e. The van der Waals surface area contributed by atoms with Crippen LogP contribution in [0.2, 0.25) is 0 Å². The van der Waals surface area contributed by atoms with Gasteiger partial charge in [-0.2, -0.15) is 0 Å². The largest absolute Gasteiger partial charge is 0.370 e. The number of nitrogens with two attached hydrogens (primary N) is 1. The second kappa shape index (κ2) is 6.18. The molecule has 112 valence electrons. The predicted molar refractivity (Wildman–Crippen MR) is 90.4 cm³/mol. The van der Waals surface area contributed by atoms with Gasteiger partial charge in [-0.3, -0.25) is 14.9 Å². The summed E-state index contributed by atoms with van der Waals surface area (Å²) in [6.45, 7) is 1.62. The van der Waals surface area contributed by atoms with Gasteiger partial charge in [0.1, 0.15) is 7.85 Å². The monoisotopic (exact) mass is 313 g/mol. The van der Waals surface area contributed by atoms with Gasteiger partial charge in [0.2, 0.25) is 0 Å². The van der Waals surface area contributed by atoms with Crippen LogP contribution in [0.4, 0.5) is 10.5 Å². The molecule has 1 atom stereocenters. The van der Waals surface area contributed by atoms with Gasteiger partial charge in [0.25, 0.3) is 11.1 Å². The van der Waals surface area contributed by atoms with Crippen LogP contribution in [0.3, 0.4) is 0 Å². The van der Waals surface area contributed by atoms with Crippen LogP contribution in [0.15, 0.2) is 23.1 Å². The van der Waals surface area contributed by atoms with Crippen LogP contribution in [0.1, 0.15) is 18.4 Å². The minimum atomic E-state index is -0.362. The molecule has 2 fully saturated rings. The Bertz CT molecular complexity index is 662. The van der Waals surface area contributed by atoms with Crippen LogP contribution < -0.4 is 21.4 Å². The summed E-state index contributed by atoms with van der Waals surface area (Å²) in [6, 6.07) is 5.70. The zero-order chi connectivity index (χ0) is 15.7. The number of rotatable bonds is 2. The fourth-order valence-corrected chi connectivity index (χ4v) is 3.51. The summed E-state index contributed by atoms with van der Waals surface area (Å²) in [4.78, 5) is 25.6. The van der Waals surface area contributed by atoms with E-state index < -0.39 is 0 Å². The van der Waals surface area contributed by atoms with Crippen molar-refractivity contribution < 1.29 is 9.59 Å². The van der Waals surface area contributed by atoms with Crippen molar-refractivity contribution in [1.29, 1.82) is 0 Å². The Morgan fingerprint density at radius 3 is 2.91 bits per heavy atom. The molecule has 22 heavy (non-hydrogen) atoms. The summed E-state index contributed by atoms with van der Waals surface area (Å²) < 4.78 is 0. The topological polar surface area (TPSA) is 75.4 Å². The lowest BCUT2D eigenvalue weighted by atomic mass is 9.89. The van der Waals surface area contributed by atoms with Crippen molar-refractivity contribution in [2.75, 3.05) is 18.0 Å². The molecule has 5 nitrogen and oxygen atoms in total. The lowest BCUT2D eigenvalue weighted by Gasteiger charge is -2.35. The van der Waals surface area contributed by atoms with Crippen LogP contribution in [0.5, 0.6) is 0 Å². The van der Waals surface area contributed by atoms with Crippen molar-refractivity contribution in [3.05, 3.63) is 28.7 Å². The van der Waals surface area contributed by atoms with Gasteiger partial charge in [0.15, 0.2) is 0 Å². The number of amides is 2. The Morgan fingerprint density at radius 1 is 1.41 bits per heavy atom. The number of imide groups is 1. The van der Waals surface area contributed by atoms with Crippen molar-refractivity contribution in [3.8, 4) is 0 Å². The SMILES string of the molecule is [B]c1cccc(/C=C2\SC(=O)NC2=O)c1N1CCC[C@@H](N)C1. The van der Waals surface area contributed by atoms with E-state index in [1.54, 1.807) is 6.08 Å². The molecule has 2 aliphatic heterocycles. The third kappa shape index (κ3) is 3.05. The van der Waals surface area contributed by atoms with Gasteiger partial charge in [-0.15, -0.1) is 0 Å². The van der Waals surface area contributed by atoms with Crippen LogP contribution in [-0.2, 0) is 4.79 Å². The van der Waals surface area contributed by atoms with Gasteiger partial charge in [-0.1, -0.05) is 23.7 Å². The number of carbonyl (C=O) groups excluding carboxylic acids is 2. The molecule has 7 heteroatoms. The van der Waals surface area contributed by atoms with Crippen LogP contribution in [0.25, 0.3) is 6.08 Å². The van der Waals surface area contributed by atoms with E-state index in [2.05, 4.69) is 10.2 Å². The van der Waals surface area contributed by atoms with Crippen LogP contribution in [0, 0.1) is 0 Å². The number of para-hydroxylation sites is 1. The lowest BCUT2D eigenvalue weighted by molar-refractivity contribution is -0.115. The highest BCUT2D eigenvalue weighted by Crippen LogP contribution is 2.29. The second-order valence-corrected chi connectivity index (χ2v) is 6.50. The van der Waals surface area contributed by atoms with Gasteiger partial charge in [0, 0.05) is 24.8 Å². The maximum absolute atomic E-state index is 11.7.